The number of hydrogen-bond acceptors (Lipinski definition) is 3. The molecule has 1 fully saturated rings. The van der Waals surface area contributed by atoms with Crippen molar-refractivity contribution in [3.63, 3.8) is 0 Å². The van der Waals surface area contributed by atoms with Gasteiger partial charge >= 0.3 is 0 Å². The fraction of sp³-hybridized carbons (Fsp3) is 0.625. The molecule has 2 N–H and O–H groups in total. The maximum Gasteiger partial charge on any atom is 0.211 e. The standard InChI is InChI=1S/C16H26N2O2S/c1-4-10-21(19,20)17-12-14(3)18-16(8-9-16)15-7-5-6-13(2)11-15/h5-7,11,14,17-18H,4,8-10,12H2,1-3H3/t14-/m1/s1. The molecule has 1 aliphatic rings. The first kappa shape index (κ1) is 16.5. The van der Waals surface area contributed by atoms with Crippen molar-refractivity contribution in [3.8, 4) is 0 Å². The summed E-state index contributed by atoms with van der Waals surface area (Å²) in [6.07, 6.45) is 2.87. The van der Waals surface area contributed by atoms with Crippen LogP contribution in [-0.4, -0.2) is 26.8 Å². The van der Waals surface area contributed by atoms with E-state index in [1.165, 1.54) is 11.1 Å². The van der Waals surface area contributed by atoms with Gasteiger partial charge in [0.2, 0.25) is 10.0 Å². The molecule has 1 saturated carbocycles. The highest BCUT2D eigenvalue weighted by Crippen LogP contribution is 2.45. The molecule has 1 aliphatic carbocycles. The molecular formula is C16H26N2O2S. The zero-order valence-electron chi connectivity index (χ0n) is 13.1. The molecule has 1 aromatic rings. The molecule has 2 rings (SSSR count). The summed E-state index contributed by atoms with van der Waals surface area (Å²) in [6.45, 7) is 6.44. The Balaban J connectivity index is 1.92. The number of aryl methyl sites for hydroxylation is 1. The Kier molecular flexibility index (Phi) is 5.07. The van der Waals surface area contributed by atoms with Gasteiger partial charge < -0.3 is 5.32 Å². The third-order valence-electron chi connectivity index (χ3n) is 3.93. The predicted molar refractivity (Wildman–Crippen MR) is 86.8 cm³/mol. The second kappa shape index (κ2) is 6.46. The summed E-state index contributed by atoms with van der Waals surface area (Å²) in [5, 5.41) is 3.60. The van der Waals surface area contributed by atoms with Gasteiger partial charge in [-0.2, -0.15) is 0 Å². The molecule has 1 atom stereocenters. The molecule has 0 heterocycles. The van der Waals surface area contributed by atoms with Crippen molar-refractivity contribution in [1.82, 2.24) is 10.0 Å². The summed E-state index contributed by atoms with van der Waals surface area (Å²) in [6, 6.07) is 8.66. The monoisotopic (exact) mass is 310 g/mol. The van der Waals surface area contributed by atoms with Gasteiger partial charge in [0.25, 0.3) is 0 Å². The van der Waals surface area contributed by atoms with Crippen LogP contribution in [0.2, 0.25) is 0 Å². The minimum atomic E-state index is -3.12. The van der Waals surface area contributed by atoms with E-state index in [9.17, 15) is 8.42 Å². The molecule has 0 aromatic heterocycles. The van der Waals surface area contributed by atoms with Crippen LogP contribution < -0.4 is 10.0 Å². The van der Waals surface area contributed by atoms with Gasteiger partial charge in [-0.15, -0.1) is 0 Å². The molecule has 0 saturated heterocycles. The second-order valence-corrected chi connectivity index (χ2v) is 8.09. The zero-order valence-corrected chi connectivity index (χ0v) is 14.0. The summed E-state index contributed by atoms with van der Waals surface area (Å²) in [4.78, 5) is 0. The van der Waals surface area contributed by atoms with Crippen molar-refractivity contribution >= 4 is 10.0 Å². The van der Waals surface area contributed by atoms with Gasteiger partial charge in [-0.3, -0.25) is 0 Å². The van der Waals surface area contributed by atoms with Crippen molar-refractivity contribution < 1.29 is 8.42 Å². The maximum atomic E-state index is 11.7. The van der Waals surface area contributed by atoms with Crippen molar-refractivity contribution in [2.24, 2.45) is 0 Å². The van der Waals surface area contributed by atoms with Crippen LogP contribution in [0.4, 0.5) is 0 Å². The lowest BCUT2D eigenvalue weighted by Gasteiger charge is -2.24. The topological polar surface area (TPSA) is 58.2 Å². The van der Waals surface area contributed by atoms with E-state index >= 15 is 0 Å². The van der Waals surface area contributed by atoms with E-state index in [0.29, 0.717) is 13.0 Å². The number of nitrogens with one attached hydrogen (secondary N) is 2. The summed E-state index contributed by atoms with van der Waals surface area (Å²) in [5.41, 5.74) is 2.62. The average molecular weight is 310 g/mol. The van der Waals surface area contributed by atoms with Gasteiger partial charge in [0.15, 0.2) is 0 Å². The lowest BCUT2D eigenvalue weighted by atomic mass is 10.0. The molecule has 118 valence electrons. The minimum absolute atomic E-state index is 0.0433. The average Bonchev–Trinajstić information content (AvgIpc) is 3.18. The van der Waals surface area contributed by atoms with Crippen LogP contribution in [0, 0.1) is 6.92 Å². The van der Waals surface area contributed by atoms with E-state index in [2.05, 4.69) is 41.2 Å². The van der Waals surface area contributed by atoms with Gasteiger partial charge in [0, 0.05) is 18.1 Å². The highest BCUT2D eigenvalue weighted by Gasteiger charge is 2.44. The van der Waals surface area contributed by atoms with Crippen LogP contribution in [-0.2, 0) is 15.6 Å². The quantitative estimate of drug-likeness (QED) is 0.774. The Morgan fingerprint density at radius 1 is 1.33 bits per heavy atom. The largest absolute Gasteiger partial charge is 0.304 e. The Morgan fingerprint density at radius 2 is 2.05 bits per heavy atom. The molecule has 0 bridgehead atoms. The second-order valence-electron chi connectivity index (χ2n) is 6.16. The Hall–Kier alpha value is -0.910. The molecule has 5 heteroatoms. The molecule has 21 heavy (non-hydrogen) atoms. The number of sulfonamides is 1. The molecule has 0 spiro atoms. The van der Waals surface area contributed by atoms with E-state index in [0.717, 1.165) is 12.8 Å². The molecule has 0 radical (unpaired) electrons. The van der Waals surface area contributed by atoms with Gasteiger partial charge in [0.05, 0.1) is 5.75 Å². The fourth-order valence-corrected chi connectivity index (χ4v) is 3.89. The number of rotatable bonds is 8. The zero-order chi connectivity index (χ0) is 15.5. The van der Waals surface area contributed by atoms with Crippen LogP contribution in [0.1, 0.15) is 44.2 Å². The third kappa shape index (κ3) is 4.53. The van der Waals surface area contributed by atoms with Crippen molar-refractivity contribution in [2.75, 3.05) is 12.3 Å². The lowest BCUT2D eigenvalue weighted by Crippen LogP contribution is -2.44. The van der Waals surface area contributed by atoms with Crippen LogP contribution >= 0.6 is 0 Å². The predicted octanol–water partition coefficient (Wildman–Crippen LogP) is 2.29. The highest BCUT2D eigenvalue weighted by molar-refractivity contribution is 7.89. The molecular weight excluding hydrogens is 284 g/mol. The van der Waals surface area contributed by atoms with Crippen LogP contribution in [0.3, 0.4) is 0 Å². The first-order chi connectivity index (χ1) is 9.87. The van der Waals surface area contributed by atoms with E-state index in [1.54, 1.807) is 0 Å². The molecule has 0 amide bonds. The molecule has 4 nitrogen and oxygen atoms in total. The summed E-state index contributed by atoms with van der Waals surface area (Å²) in [7, 11) is -3.12. The molecule has 0 aliphatic heterocycles. The molecule has 1 aromatic carbocycles. The Labute approximate surface area is 128 Å². The number of hydrogen-bond donors (Lipinski definition) is 2. The van der Waals surface area contributed by atoms with E-state index in [4.69, 9.17) is 0 Å². The van der Waals surface area contributed by atoms with Gasteiger partial charge in [-0.1, -0.05) is 36.8 Å². The van der Waals surface area contributed by atoms with E-state index in [1.807, 2.05) is 13.8 Å². The summed E-state index contributed by atoms with van der Waals surface area (Å²) in [5.74, 6) is 0.197. The van der Waals surface area contributed by atoms with Gasteiger partial charge in [0.1, 0.15) is 0 Å². The van der Waals surface area contributed by atoms with Gasteiger partial charge in [-0.25, -0.2) is 13.1 Å². The van der Waals surface area contributed by atoms with Crippen LogP contribution in [0.5, 0.6) is 0 Å². The SMILES string of the molecule is CCCS(=O)(=O)NC[C@@H](C)NC1(c2cccc(C)c2)CC1. The van der Waals surface area contributed by atoms with E-state index in [-0.39, 0.29) is 17.3 Å². The maximum absolute atomic E-state index is 11.7. The summed E-state index contributed by atoms with van der Waals surface area (Å²) < 4.78 is 26.1. The highest BCUT2D eigenvalue weighted by atomic mass is 32.2. The minimum Gasteiger partial charge on any atom is -0.304 e. The number of benzene rings is 1. The van der Waals surface area contributed by atoms with Crippen molar-refractivity contribution in [1.29, 1.82) is 0 Å². The first-order valence-electron chi connectivity index (χ1n) is 7.69. The van der Waals surface area contributed by atoms with Crippen molar-refractivity contribution in [2.45, 2.75) is 51.6 Å². The summed E-state index contributed by atoms with van der Waals surface area (Å²) >= 11 is 0. The normalized spacial score (nSPS) is 18.4. The Bertz CT molecular complexity index is 580. The first-order valence-corrected chi connectivity index (χ1v) is 9.34. The molecule has 0 unspecified atom stereocenters. The Morgan fingerprint density at radius 3 is 2.62 bits per heavy atom. The van der Waals surface area contributed by atoms with E-state index < -0.39 is 10.0 Å². The van der Waals surface area contributed by atoms with Gasteiger partial charge in [-0.05, 0) is 38.7 Å². The van der Waals surface area contributed by atoms with Crippen LogP contribution in [0.25, 0.3) is 0 Å². The third-order valence-corrected chi connectivity index (χ3v) is 5.48. The van der Waals surface area contributed by atoms with Crippen molar-refractivity contribution in [3.05, 3.63) is 35.4 Å². The smallest absolute Gasteiger partial charge is 0.211 e. The van der Waals surface area contributed by atoms with Crippen LogP contribution in [0.15, 0.2) is 24.3 Å². The lowest BCUT2D eigenvalue weighted by molar-refractivity contribution is 0.434. The fourth-order valence-electron chi connectivity index (χ4n) is 2.70.